The predicted octanol–water partition coefficient (Wildman–Crippen LogP) is 4.67. The first-order valence-electron chi connectivity index (χ1n) is 7.59. The molecule has 0 N–H and O–H groups in total. The third kappa shape index (κ3) is 3.31. The molecule has 0 aliphatic carbocycles. The van der Waals surface area contributed by atoms with Gasteiger partial charge in [0.1, 0.15) is 11.5 Å². The quantitative estimate of drug-likeness (QED) is 0.715. The second-order valence-electron chi connectivity index (χ2n) is 5.57. The van der Waals surface area contributed by atoms with Gasteiger partial charge in [-0.25, -0.2) is 4.79 Å². The smallest absolute Gasteiger partial charge is 0.415 e. The van der Waals surface area contributed by atoms with E-state index in [1.807, 2.05) is 54.6 Å². The van der Waals surface area contributed by atoms with Crippen molar-refractivity contribution in [2.24, 2.45) is 0 Å². The van der Waals surface area contributed by atoms with E-state index in [2.05, 4.69) is 22.5 Å². The molecule has 3 rings (SSSR count). The highest BCUT2D eigenvalue weighted by Gasteiger charge is 2.39. The van der Waals surface area contributed by atoms with Crippen LogP contribution >= 0.6 is 15.9 Å². The van der Waals surface area contributed by atoms with Crippen LogP contribution in [0.4, 0.5) is 4.79 Å². The fourth-order valence-electron chi connectivity index (χ4n) is 2.77. The van der Waals surface area contributed by atoms with Crippen molar-refractivity contribution in [2.75, 3.05) is 7.11 Å². The second kappa shape index (κ2) is 7.09. The summed E-state index contributed by atoms with van der Waals surface area (Å²) in [6.07, 6.45) is -0.389. The minimum atomic E-state index is -0.389. The van der Waals surface area contributed by atoms with E-state index in [1.165, 1.54) is 0 Å². The minimum Gasteiger partial charge on any atom is -0.497 e. The molecule has 2 aromatic rings. The van der Waals surface area contributed by atoms with Gasteiger partial charge < -0.3 is 9.47 Å². The standard InChI is InChI=1S/C19H18BrNO3/c1-13-17(20)18(15-8-10-16(23-2)11-9-15)21(19(22)24-13)12-14-6-4-3-5-7-14/h3-11,17-18H,1,12H2,2H3/t17-,18+/m0/s1. The van der Waals surface area contributed by atoms with Gasteiger partial charge in [-0.15, -0.1) is 0 Å². The van der Waals surface area contributed by atoms with Crippen molar-refractivity contribution >= 4 is 22.0 Å². The summed E-state index contributed by atoms with van der Waals surface area (Å²) < 4.78 is 10.5. The Kier molecular flexibility index (Phi) is 4.90. The monoisotopic (exact) mass is 387 g/mol. The van der Waals surface area contributed by atoms with Crippen LogP contribution in [0.25, 0.3) is 0 Å². The Bertz CT molecular complexity index is 730. The number of hydrogen-bond donors (Lipinski definition) is 0. The maximum atomic E-state index is 12.5. The first-order valence-corrected chi connectivity index (χ1v) is 8.51. The van der Waals surface area contributed by atoms with Crippen molar-refractivity contribution < 1.29 is 14.3 Å². The number of ether oxygens (including phenoxy) is 2. The summed E-state index contributed by atoms with van der Waals surface area (Å²) in [6.45, 7) is 4.32. The zero-order valence-electron chi connectivity index (χ0n) is 13.3. The van der Waals surface area contributed by atoms with Crippen molar-refractivity contribution in [3.8, 4) is 5.75 Å². The van der Waals surface area contributed by atoms with Crippen LogP contribution in [0.2, 0.25) is 0 Å². The molecule has 0 bridgehead atoms. The summed E-state index contributed by atoms with van der Waals surface area (Å²) in [5.74, 6) is 1.20. The number of cyclic esters (lactones) is 1. The first kappa shape index (κ1) is 16.6. The molecule has 0 radical (unpaired) electrons. The molecular weight excluding hydrogens is 370 g/mol. The van der Waals surface area contributed by atoms with Gasteiger partial charge in [0.15, 0.2) is 0 Å². The van der Waals surface area contributed by atoms with E-state index >= 15 is 0 Å². The number of benzene rings is 2. The second-order valence-corrected chi connectivity index (χ2v) is 6.55. The molecule has 2 atom stereocenters. The van der Waals surface area contributed by atoms with Gasteiger partial charge in [-0.05, 0) is 23.3 Å². The molecule has 1 aliphatic rings. The van der Waals surface area contributed by atoms with Crippen LogP contribution in [-0.4, -0.2) is 22.9 Å². The number of nitrogens with zero attached hydrogens (tertiary/aromatic N) is 1. The largest absolute Gasteiger partial charge is 0.497 e. The Morgan fingerprint density at radius 2 is 1.83 bits per heavy atom. The van der Waals surface area contributed by atoms with Crippen LogP contribution in [0.5, 0.6) is 5.75 Å². The van der Waals surface area contributed by atoms with E-state index in [4.69, 9.17) is 9.47 Å². The number of hydrogen-bond acceptors (Lipinski definition) is 3. The van der Waals surface area contributed by atoms with Gasteiger partial charge in [0.2, 0.25) is 0 Å². The summed E-state index contributed by atoms with van der Waals surface area (Å²) in [5, 5.41) is 0. The van der Waals surface area contributed by atoms with E-state index in [-0.39, 0.29) is 17.0 Å². The lowest BCUT2D eigenvalue weighted by molar-refractivity contribution is 0.0766. The fourth-order valence-corrected chi connectivity index (χ4v) is 3.45. The highest BCUT2D eigenvalue weighted by molar-refractivity contribution is 9.09. The van der Waals surface area contributed by atoms with E-state index in [0.717, 1.165) is 16.9 Å². The maximum Gasteiger partial charge on any atom is 0.415 e. The molecule has 1 fully saturated rings. The molecular formula is C19H18BrNO3. The molecule has 0 unspecified atom stereocenters. The minimum absolute atomic E-state index is 0.188. The Morgan fingerprint density at radius 3 is 2.46 bits per heavy atom. The van der Waals surface area contributed by atoms with Gasteiger partial charge >= 0.3 is 6.09 Å². The summed E-state index contributed by atoms with van der Waals surface area (Å²) in [6, 6.07) is 17.3. The van der Waals surface area contributed by atoms with Crippen molar-refractivity contribution in [2.45, 2.75) is 17.4 Å². The van der Waals surface area contributed by atoms with Crippen LogP contribution in [0.15, 0.2) is 66.9 Å². The Balaban J connectivity index is 1.95. The summed E-state index contributed by atoms with van der Waals surface area (Å²) in [5.41, 5.74) is 2.03. The summed E-state index contributed by atoms with van der Waals surface area (Å²) >= 11 is 3.62. The molecule has 1 heterocycles. The van der Waals surface area contributed by atoms with Crippen LogP contribution in [-0.2, 0) is 11.3 Å². The van der Waals surface area contributed by atoms with Gasteiger partial charge in [-0.1, -0.05) is 65.0 Å². The van der Waals surface area contributed by atoms with Gasteiger partial charge in [0.05, 0.1) is 18.0 Å². The molecule has 124 valence electrons. The van der Waals surface area contributed by atoms with Gasteiger partial charge in [-0.3, -0.25) is 4.90 Å². The number of carbonyl (C=O) groups excluding carboxylic acids is 1. The highest BCUT2D eigenvalue weighted by atomic mass is 79.9. The highest BCUT2D eigenvalue weighted by Crippen LogP contribution is 2.39. The molecule has 1 amide bonds. The van der Waals surface area contributed by atoms with E-state index in [9.17, 15) is 4.79 Å². The topological polar surface area (TPSA) is 38.8 Å². The Morgan fingerprint density at radius 1 is 1.17 bits per heavy atom. The molecule has 2 aromatic carbocycles. The van der Waals surface area contributed by atoms with Gasteiger partial charge in [0.25, 0.3) is 0 Å². The number of amides is 1. The SMILES string of the molecule is C=C1OC(=O)N(Cc2ccccc2)[C@H](c2ccc(OC)cc2)[C@H]1Br. The maximum absolute atomic E-state index is 12.5. The fraction of sp³-hybridized carbons (Fsp3) is 0.211. The molecule has 24 heavy (non-hydrogen) atoms. The van der Waals surface area contributed by atoms with E-state index in [0.29, 0.717) is 12.3 Å². The van der Waals surface area contributed by atoms with Crippen LogP contribution in [0.1, 0.15) is 17.2 Å². The number of rotatable bonds is 4. The Labute approximate surface area is 149 Å². The molecule has 0 aromatic heterocycles. The third-order valence-corrected chi connectivity index (χ3v) is 5.04. The summed E-state index contributed by atoms with van der Waals surface area (Å²) in [4.78, 5) is 14.0. The first-order chi connectivity index (χ1) is 11.6. The molecule has 5 heteroatoms. The van der Waals surface area contributed by atoms with Crippen LogP contribution in [0.3, 0.4) is 0 Å². The van der Waals surface area contributed by atoms with Crippen molar-refractivity contribution in [1.82, 2.24) is 4.90 Å². The molecule has 0 spiro atoms. The molecule has 1 aliphatic heterocycles. The van der Waals surface area contributed by atoms with Gasteiger partial charge in [-0.2, -0.15) is 0 Å². The average molecular weight is 388 g/mol. The number of halogens is 1. The zero-order chi connectivity index (χ0) is 17.1. The summed E-state index contributed by atoms with van der Waals surface area (Å²) in [7, 11) is 1.63. The van der Waals surface area contributed by atoms with Gasteiger partial charge in [0, 0.05) is 6.54 Å². The molecule has 4 nitrogen and oxygen atoms in total. The normalized spacial score (nSPS) is 20.7. The van der Waals surface area contributed by atoms with Crippen LogP contribution in [0, 0.1) is 0 Å². The van der Waals surface area contributed by atoms with Crippen molar-refractivity contribution in [1.29, 1.82) is 0 Å². The number of alkyl halides is 1. The van der Waals surface area contributed by atoms with E-state index in [1.54, 1.807) is 12.0 Å². The predicted molar refractivity (Wildman–Crippen MR) is 96.1 cm³/mol. The van der Waals surface area contributed by atoms with E-state index < -0.39 is 0 Å². The lowest BCUT2D eigenvalue weighted by atomic mass is 9.99. The lowest BCUT2D eigenvalue weighted by Crippen LogP contribution is -2.44. The van der Waals surface area contributed by atoms with Crippen molar-refractivity contribution in [3.05, 3.63) is 78.1 Å². The van der Waals surface area contributed by atoms with Crippen LogP contribution < -0.4 is 4.74 Å². The average Bonchev–Trinajstić information content (AvgIpc) is 2.61. The molecule has 0 saturated carbocycles. The third-order valence-electron chi connectivity index (χ3n) is 4.03. The zero-order valence-corrected chi connectivity index (χ0v) is 14.9. The number of carbonyl (C=O) groups is 1. The number of methoxy groups -OCH3 is 1. The van der Waals surface area contributed by atoms with Crippen molar-refractivity contribution in [3.63, 3.8) is 0 Å². The molecule has 1 saturated heterocycles. The lowest BCUT2D eigenvalue weighted by Gasteiger charge is -2.39. The Hall–Kier alpha value is -2.27.